The number of rotatable bonds is 6. The second-order valence-corrected chi connectivity index (χ2v) is 15.9. The van der Waals surface area contributed by atoms with E-state index in [1.54, 1.807) is 64.2 Å². The van der Waals surface area contributed by atoms with Crippen LogP contribution >= 0.6 is 0 Å². The van der Waals surface area contributed by atoms with Gasteiger partial charge in [0.1, 0.15) is 0 Å². The molecule has 1 heteroatoms. The maximum Gasteiger partial charge on any atom is 0.0540 e. The molecule has 0 bridgehead atoms. The predicted molar refractivity (Wildman–Crippen MR) is 161 cm³/mol. The van der Waals surface area contributed by atoms with Gasteiger partial charge in [-0.2, -0.15) is 0 Å². The van der Waals surface area contributed by atoms with Crippen molar-refractivity contribution in [2.45, 2.75) is 161 Å². The Hall–Kier alpha value is -0.0400. The van der Waals surface area contributed by atoms with Gasteiger partial charge in [0.05, 0.1) is 6.10 Å². The summed E-state index contributed by atoms with van der Waals surface area (Å²) in [6.07, 6.45) is 32.6. The topological polar surface area (TPSA) is 20.2 Å². The van der Waals surface area contributed by atoms with Crippen LogP contribution in [-0.4, -0.2) is 11.2 Å². The van der Waals surface area contributed by atoms with Crippen LogP contribution in [0.2, 0.25) is 0 Å². The fourth-order valence-electron chi connectivity index (χ4n) is 12.9. The van der Waals surface area contributed by atoms with Crippen molar-refractivity contribution in [2.75, 3.05) is 0 Å². The van der Waals surface area contributed by atoms with Crippen molar-refractivity contribution in [1.82, 2.24) is 0 Å². The number of aliphatic hydroxyl groups is 1. The Morgan fingerprint density at radius 3 is 1.76 bits per heavy atom. The lowest BCUT2D eigenvalue weighted by atomic mass is 9.43. The third kappa shape index (κ3) is 5.68. The molecule has 6 fully saturated rings. The molecule has 0 saturated heterocycles. The second-order valence-electron chi connectivity index (χ2n) is 15.9. The average molecular weight is 525 g/mol. The Kier molecular flexibility index (Phi) is 9.51. The lowest BCUT2D eigenvalue weighted by molar-refractivity contribution is -0.130. The first-order chi connectivity index (χ1) is 18.7. The molecule has 0 spiro atoms. The lowest BCUT2D eigenvalue weighted by Crippen LogP contribution is -2.55. The van der Waals surface area contributed by atoms with Crippen LogP contribution in [0.1, 0.15) is 155 Å². The summed E-state index contributed by atoms with van der Waals surface area (Å²) in [6.45, 7) is 4.94. The fourth-order valence-corrected chi connectivity index (χ4v) is 12.9. The molecule has 6 aliphatic carbocycles. The maximum absolute atomic E-state index is 10.4. The molecule has 1 N–H and O–H groups in total. The maximum atomic E-state index is 10.4. The zero-order valence-corrected chi connectivity index (χ0v) is 25.5. The first kappa shape index (κ1) is 28.1. The molecule has 0 amide bonds. The summed E-state index contributed by atoms with van der Waals surface area (Å²) >= 11 is 0. The lowest BCUT2D eigenvalue weighted by Gasteiger charge is -2.62. The van der Waals surface area contributed by atoms with E-state index in [9.17, 15) is 5.11 Å². The Labute approximate surface area is 237 Å². The van der Waals surface area contributed by atoms with Crippen LogP contribution in [-0.2, 0) is 0 Å². The van der Waals surface area contributed by atoms with E-state index >= 15 is 0 Å². The van der Waals surface area contributed by atoms with Gasteiger partial charge in [-0.3, -0.25) is 0 Å². The summed E-state index contributed by atoms with van der Waals surface area (Å²) < 4.78 is 0. The Morgan fingerprint density at radius 1 is 0.474 bits per heavy atom. The molecular formula is C37H64O. The monoisotopic (exact) mass is 524 g/mol. The van der Waals surface area contributed by atoms with Crippen LogP contribution in [0.5, 0.6) is 0 Å². The van der Waals surface area contributed by atoms with E-state index in [2.05, 4.69) is 13.8 Å². The average Bonchev–Trinajstić information content (AvgIpc) is 2.97. The predicted octanol–water partition coefficient (Wildman–Crippen LogP) is 10.4. The molecule has 6 aliphatic rings. The quantitative estimate of drug-likeness (QED) is 0.366. The largest absolute Gasteiger partial charge is 0.393 e. The van der Waals surface area contributed by atoms with Gasteiger partial charge in [0, 0.05) is 0 Å². The zero-order valence-electron chi connectivity index (χ0n) is 25.5. The van der Waals surface area contributed by atoms with E-state index in [0.717, 1.165) is 83.9 Å². The smallest absolute Gasteiger partial charge is 0.0540 e. The van der Waals surface area contributed by atoms with Crippen molar-refractivity contribution in [2.24, 2.45) is 71.0 Å². The van der Waals surface area contributed by atoms with Gasteiger partial charge in [-0.1, -0.05) is 78.1 Å². The minimum Gasteiger partial charge on any atom is -0.393 e. The molecule has 0 aromatic carbocycles. The molecule has 10 atom stereocenters. The second kappa shape index (κ2) is 12.9. The van der Waals surface area contributed by atoms with E-state index in [0.29, 0.717) is 0 Å². The van der Waals surface area contributed by atoms with E-state index in [4.69, 9.17) is 0 Å². The van der Waals surface area contributed by atoms with Crippen LogP contribution in [0.15, 0.2) is 0 Å². The summed E-state index contributed by atoms with van der Waals surface area (Å²) in [5.74, 6) is 12.4. The van der Waals surface area contributed by atoms with Crippen molar-refractivity contribution < 1.29 is 5.11 Å². The van der Waals surface area contributed by atoms with Gasteiger partial charge < -0.3 is 5.11 Å². The Bertz CT molecular complexity index is 716. The first-order valence-corrected chi connectivity index (χ1v) is 18.4. The van der Waals surface area contributed by atoms with Crippen molar-refractivity contribution in [1.29, 1.82) is 0 Å². The summed E-state index contributed by atoms with van der Waals surface area (Å²) in [4.78, 5) is 0. The molecule has 38 heavy (non-hydrogen) atoms. The summed E-state index contributed by atoms with van der Waals surface area (Å²) in [7, 11) is 0. The first-order valence-electron chi connectivity index (χ1n) is 18.4. The SMILES string of the molecule is CCCC1CC(C2C3CCCCC3C(C3CCC(O)CC3)C3CCC(C4CCCCC4)CC32)CCC1CC. The highest BCUT2D eigenvalue weighted by Crippen LogP contribution is 2.64. The van der Waals surface area contributed by atoms with Crippen LogP contribution < -0.4 is 0 Å². The molecule has 0 aromatic heterocycles. The van der Waals surface area contributed by atoms with E-state index in [1.165, 1.54) is 64.2 Å². The third-order valence-electron chi connectivity index (χ3n) is 14.4. The normalized spacial score (nSPS) is 48.7. The highest BCUT2D eigenvalue weighted by atomic mass is 16.3. The van der Waals surface area contributed by atoms with Crippen LogP contribution in [0.3, 0.4) is 0 Å². The van der Waals surface area contributed by atoms with Gasteiger partial charge in [0.25, 0.3) is 0 Å². The zero-order chi connectivity index (χ0) is 26.1. The van der Waals surface area contributed by atoms with Crippen molar-refractivity contribution in [3.05, 3.63) is 0 Å². The van der Waals surface area contributed by atoms with Crippen molar-refractivity contribution in [3.8, 4) is 0 Å². The minimum atomic E-state index is 0.00632. The third-order valence-corrected chi connectivity index (χ3v) is 14.4. The number of hydrogen-bond donors (Lipinski definition) is 1. The molecule has 10 unspecified atom stereocenters. The fraction of sp³-hybridized carbons (Fsp3) is 1.00. The molecular weight excluding hydrogens is 460 g/mol. The number of fused-ring (bicyclic) bond motifs is 2. The standard InChI is InChI=1S/C37H64O/c1-3-10-28-23-30(16-15-25(28)4-2)37-33-14-9-8-13-32(33)36(27-17-20-31(38)21-18-27)34-22-19-29(24-35(34)37)26-11-6-5-7-12-26/h25-38H,3-24H2,1-2H3. The molecule has 218 valence electrons. The highest BCUT2D eigenvalue weighted by Gasteiger charge is 2.56. The Balaban J connectivity index is 1.30. The van der Waals surface area contributed by atoms with Crippen LogP contribution in [0, 0.1) is 71.0 Å². The van der Waals surface area contributed by atoms with E-state index in [-0.39, 0.29) is 6.10 Å². The molecule has 0 aliphatic heterocycles. The number of hydrogen-bond acceptors (Lipinski definition) is 1. The summed E-state index contributed by atoms with van der Waals surface area (Å²) in [6, 6.07) is 0. The molecule has 6 saturated carbocycles. The summed E-state index contributed by atoms with van der Waals surface area (Å²) in [5.41, 5.74) is 0. The van der Waals surface area contributed by atoms with Gasteiger partial charge in [-0.05, 0) is 148 Å². The highest BCUT2D eigenvalue weighted by molar-refractivity contribution is 5.05. The van der Waals surface area contributed by atoms with Crippen molar-refractivity contribution >= 4 is 0 Å². The van der Waals surface area contributed by atoms with Gasteiger partial charge in [0.15, 0.2) is 0 Å². The Morgan fingerprint density at radius 2 is 1.08 bits per heavy atom. The molecule has 0 radical (unpaired) electrons. The van der Waals surface area contributed by atoms with E-state index in [1.807, 2.05) is 0 Å². The van der Waals surface area contributed by atoms with E-state index < -0.39 is 0 Å². The molecule has 1 nitrogen and oxygen atoms in total. The summed E-state index contributed by atoms with van der Waals surface area (Å²) in [5, 5.41) is 10.4. The number of aliphatic hydroxyl groups excluding tert-OH is 1. The minimum absolute atomic E-state index is 0.00632. The van der Waals surface area contributed by atoms with Crippen LogP contribution in [0.4, 0.5) is 0 Å². The molecule has 0 aromatic rings. The van der Waals surface area contributed by atoms with Gasteiger partial charge >= 0.3 is 0 Å². The molecule has 0 heterocycles. The van der Waals surface area contributed by atoms with Gasteiger partial charge in [0.2, 0.25) is 0 Å². The van der Waals surface area contributed by atoms with Crippen molar-refractivity contribution in [3.63, 3.8) is 0 Å². The van der Waals surface area contributed by atoms with Crippen LogP contribution in [0.25, 0.3) is 0 Å². The molecule has 6 rings (SSSR count). The van der Waals surface area contributed by atoms with Gasteiger partial charge in [-0.15, -0.1) is 0 Å². The van der Waals surface area contributed by atoms with Gasteiger partial charge in [-0.25, -0.2) is 0 Å².